The van der Waals surface area contributed by atoms with Gasteiger partial charge in [0.15, 0.2) is 0 Å². The van der Waals surface area contributed by atoms with E-state index in [1.165, 1.54) is 0 Å². The van der Waals surface area contributed by atoms with Crippen LogP contribution in [0.4, 0.5) is 0 Å². The Morgan fingerprint density at radius 1 is 1.00 bits per heavy atom. The number of unbranched alkanes of at least 4 members (excludes halogenated alkanes) is 2. The molecule has 0 rings (SSSR count). The summed E-state index contributed by atoms with van der Waals surface area (Å²) in [5.41, 5.74) is 0.781. The quantitative estimate of drug-likeness (QED) is 0.278. The van der Waals surface area contributed by atoms with Crippen molar-refractivity contribution in [3.63, 3.8) is 0 Å². The Hall–Kier alpha value is -0.670. The predicted octanol–water partition coefficient (Wildman–Crippen LogP) is 3.39. The summed E-state index contributed by atoms with van der Waals surface area (Å²) in [4.78, 5) is 12.6. The fourth-order valence-corrected chi connectivity index (χ4v) is 1.67. The van der Waals surface area contributed by atoms with Crippen molar-refractivity contribution in [1.82, 2.24) is 4.90 Å². The summed E-state index contributed by atoms with van der Waals surface area (Å²) in [5.74, 6) is 1.94. The molecule has 4 nitrogen and oxygen atoms in total. The highest BCUT2D eigenvalue weighted by molar-refractivity contribution is 5.50. The average molecular weight is 285 g/mol. The van der Waals surface area contributed by atoms with Crippen LogP contribution < -0.4 is 0 Å². The molecule has 0 atom stereocenters. The minimum Gasteiger partial charge on any atom is -0.366 e. The highest BCUT2D eigenvalue weighted by Crippen LogP contribution is 2.03. The lowest BCUT2D eigenvalue weighted by atomic mass is 10.2. The zero-order valence-electron chi connectivity index (χ0n) is 13.5. The smallest absolute Gasteiger partial charge is 0.123 e. The van der Waals surface area contributed by atoms with Gasteiger partial charge in [0.2, 0.25) is 0 Å². The maximum atomic E-state index is 10.4. The second-order valence-electron chi connectivity index (χ2n) is 5.16. The number of nitrogens with zero attached hydrogens (tertiary/aromatic N) is 1. The second-order valence-corrected chi connectivity index (χ2v) is 5.16. The molecular formula is C16H31NO3. The topological polar surface area (TPSA) is 38.8 Å². The molecule has 118 valence electrons. The van der Waals surface area contributed by atoms with Gasteiger partial charge >= 0.3 is 0 Å². The number of allylic oxidation sites excluding steroid dienone is 1. The largest absolute Gasteiger partial charge is 0.366 e. The molecule has 0 aliphatic carbocycles. The van der Waals surface area contributed by atoms with Gasteiger partial charge in [-0.25, -0.2) is 4.79 Å². The minimum absolute atomic E-state index is 0.607. The van der Waals surface area contributed by atoms with E-state index < -0.39 is 0 Å². The molecule has 0 amide bonds. The normalized spacial score (nSPS) is 10.8. The van der Waals surface area contributed by atoms with Crippen LogP contribution in [-0.4, -0.2) is 44.1 Å². The highest BCUT2D eigenvalue weighted by Gasteiger charge is 2.05. The first-order valence-electron chi connectivity index (χ1n) is 7.83. The molecule has 20 heavy (non-hydrogen) atoms. The maximum Gasteiger partial charge on any atom is 0.123 e. The minimum atomic E-state index is 0.607. The van der Waals surface area contributed by atoms with Gasteiger partial charge in [-0.1, -0.05) is 26.7 Å². The molecule has 0 saturated heterocycles. The van der Waals surface area contributed by atoms with E-state index >= 15 is 0 Å². The number of rotatable bonds is 14. The molecule has 0 saturated carbocycles. The molecule has 0 heterocycles. The predicted molar refractivity (Wildman–Crippen MR) is 82.3 cm³/mol. The van der Waals surface area contributed by atoms with Gasteiger partial charge in [-0.05, 0) is 32.6 Å². The van der Waals surface area contributed by atoms with Gasteiger partial charge in [-0.2, -0.15) is 0 Å². The Balaban J connectivity index is 3.87. The molecule has 0 radical (unpaired) electrons. The van der Waals surface area contributed by atoms with E-state index in [1.54, 1.807) is 0 Å². The molecule has 0 aliphatic rings. The van der Waals surface area contributed by atoms with Crippen molar-refractivity contribution in [2.24, 2.45) is 0 Å². The van der Waals surface area contributed by atoms with E-state index in [9.17, 15) is 4.79 Å². The maximum absolute atomic E-state index is 10.4. The van der Waals surface area contributed by atoms with Crippen molar-refractivity contribution in [3.05, 3.63) is 5.57 Å². The van der Waals surface area contributed by atoms with Gasteiger partial charge in [0.05, 0.1) is 0 Å². The first-order valence-corrected chi connectivity index (χ1v) is 7.83. The van der Waals surface area contributed by atoms with Crippen LogP contribution in [0.25, 0.3) is 0 Å². The van der Waals surface area contributed by atoms with Crippen LogP contribution in [0.3, 0.4) is 0 Å². The third kappa shape index (κ3) is 12.4. The number of hydrogen-bond donors (Lipinski definition) is 0. The summed E-state index contributed by atoms with van der Waals surface area (Å²) in [6.45, 7) is 9.84. The standard InChI is InChI=1S/C16H31NO3/c1-4-6-11-19-14-17(15-20-12-7-5-2)10-8-9-16(3)13-18/h4-12,14-15H2,1-3H3. The van der Waals surface area contributed by atoms with E-state index in [0.717, 1.165) is 63.9 Å². The summed E-state index contributed by atoms with van der Waals surface area (Å²) in [6.07, 6.45) is 6.22. The van der Waals surface area contributed by atoms with Crippen molar-refractivity contribution in [3.8, 4) is 0 Å². The molecular weight excluding hydrogens is 254 g/mol. The van der Waals surface area contributed by atoms with Crippen molar-refractivity contribution in [1.29, 1.82) is 0 Å². The number of carbonyl (C=O) groups excluding carboxylic acids is 1. The molecule has 0 bridgehead atoms. The molecule has 0 aromatic heterocycles. The lowest BCUT2D eigenvalue weighted by Crippen LogP contribution is -2.30. The van der Waals surface area contributed by atoms with Crippen LogP contribution in [0.15, 0.2) is 5.57 Å². The van der Waals surface area contributed by atoms with Gasteiger partial charge in [-0.15, -0.1) is 0 Å². The Labute approximate surface area is 124 Å². The van der Waals surface area contributed by atoms with Crippen LogP contribution in [0, 0.1) is 0 Å². The SMILES string of the molecule is CCCCOCN(CCCC(C)=C=O)COCCCC. The van der Waals surface area contributed by atoms with Gasteiger partial charge in [0.1, 0.15) is 19.4 Å². The Morgan fingerprint density at radius 3 is 2.00 bits per heavy atom. The fourth-order valence-electron chi connectivity index (χ4n) is 1.67. The molecule has 4 heteroatoms. The van der Waals surface area contributed by atoms with E-state index in [1.807, 2.05) is 12.9 Å². The number of ether oxygens (including phenoxy) is 2. The Morgan fingerprint density at radius 2 is 1.55 bits per heavy atom. The number of hydrogen-bond acceptors (Lipinski definition) is 4. The fraction of sp³-hybridized carbons (Fsp3) is 0.875. The van der Waals surface area contributed by atoms with Gasteiger partial charge in [-0.3, -0.25) is 4.90 Å². The molecule has 0 fully saturated rings. The highest BCUT2D eigenvalue weighted by atomic mass is 16.5. The van der Waals surface area contributed by atoms with E-state index in [0.29, 0.717) is 13.5 Å². The second kappa shape index (κ2) is 14.7. The van der Waals surface area contributed by atoms with E-state index in [4.69, 9.17) is 9.47 Å². The summed E-state index contributed by atoms with van der Waals surface area (Å²) >= 11 is 0. The van der Waals surface area contributed by atoms with Crippen LogP contribution in [0.2, 0.25) is 0 Å². The molecule has 0 spiro atoms. The molecule has 0 N–H and O–H groups in total. The summed E-state index contributed by atoms with van der Waals surface area (Å²) in [5, 5.41) is 0. The van der Waals surface area contributed by atoms with E-state index in [2.05, 4.69) is 18.7 Å². The zero-order chi connectivity index (χ0) is 15.1. The van der Waals surface area contributed by atoms with E-state index in [-0.39, 0.29) is 0 Å². The molecule has 0 unspecified atom stereocenters. The Kier molecular flexibility index (Phi) is 14.2. The molecule has 0 aliphatic heterocycles. The average Bonchev–Trinajstić information content (AvgIpc) is 2.47. The van der Waals surface area contributed by atoms with Crippen molar-refractivity contribution >= 4 is 5.94 Å². The monoisotopic (exact) mass is 285 g/mol. The first kappa shape index (κ1) is 19.3. The molecule has 0 aromatic carbocycles. The summed E-state index contributed by atoms with van der Waals surface area (Å²) < 4.78 is 11.3. The van der Waals surface area contributed by atoms with Crippen molar-refractivity contribution < 1.29 is 14.3 Å². The van der Waals surface area contributed by atoms with Crippen molar-refractivity contribution in [2.45, 2.75) is 59.3 Å². The summed E-state index contributed by atoms with van der Waals surface area (Å²) in [7, 11) is 0. The van der Waals surface area contributed by atoms with Gasteiger partial charge in [0, 0.05) is 25.3 Å². The lowest BCUT2D eigenvalue weighted by Gasteiger charge is -2.22. The van der Waals surface area contributed by atoms with Gasteiger partial charge < -0.3 is 9.47 Å². The van der Waals surface area contributed by atoms with Crippen LogP contribution in [0.5, 0.6) is 0 Å². The van der Waals surface area contributed by atoms with Crippen LogP contribution in [-0.2, 0) is 14.3 Å². The Bertz CT molecular complexity index is 250. The summed E-state index contributed by atoms with van der Waals surface area (Å²) in [6, 6.07) is 0. The molecule has 0 aromatic rings. The van der Waals surface area contributed by atoms with Gasteiger partial charge in [0.25, 0.3) is 0 Å². The van der Waals surface area contributed by atoms with Crippen LogP contribution >= 0.6 is 0 Å². The van der Waals surface area contributed by atoms with Crippen LogP contribution in [0.1, 0.15) is 59.3 Å². The third-order valence-corrected chi connectivity index (χ3v) is 3.03. The lowest BCUT2D eigenvalue weighted by molar-refractivity contribution is -0.0461. The zero-order valence-corrected chi connectivity index (χ0v) is 13.5. The first-order chi connectivity index (χ1) is 9.74. The van der Waals surface area contributed by atoms with Crippen molar-refractivity contribution in [2.75, 3.05) is 33.2 Å². The third-order valence-electron chi connectivity index (χ3n) is 3.03.